The molecule has 0 aliphatic rings. The van der Waals surface area contributed by atoms with E-state index < -0.39 is 24.5 Å². The van der Waals surface area contributed by atoms with Gasteiger partial charge in [0.1, 0.15) is 5.15 Å². The third-order valence-electron chi connectivity index (χ3n) is 4.55. The van der Waals surface area contributed by atoms with Gasteiger partial charge in [-0.2, -0.15) is 5.10 Å². The van der Waals surface area contributed by atoms with Crippen molar-refractivity contribution >= 4 is 35.6 Å². The second kappa shape index (κ2) is 12.0. The fraction of sp³-hybridized carbons (Fsp3) is 0.391. The molecule has 0 aliphatic heterocycles. The molecule has 0 aliphatic carbocycles. The largest absolute Gasteiger partial charge is 0.452 e. The highest BCUT2D eigenvalue weighted by atomic mass is 35.5. The maximum atomic E-state index is 11.9. The van der Waals surface area contributed by atoms with Crippen LogP contribution < -0.4 is 10.6 Å². The van der Waals surface area contributed by atoms with Crippen LogP contribution in [0.25, 0.3) is 6.08 Å². The summed E-state index contributed by atoms with van der Waals surface area (Å²) in [5.41, 5.74) is 3.46. The summed E-state index contributed by atoms with van der Waals surface area (Å²) >= 11 is 6.43. The molecule has 8 nitrogen and oxygen atoms in total. The minimum atomic E-state index is -0.734. The topological polar surface area (TPSA) is 102 Å². The zero-order valence-corrected chi connectivity index (χ0v) is 19.5. The lowest BCUT2D eigenvalue weighted by Gasteiger charge is -2.08. The molecule has 0 radical (unpaired) electrons. The number of benzene rings is 1. The minimum Gasteiger partial charge on any atom is -0.452 e. The number of ether oxygens (including phenoxy) is 1. The van der Waals surface area contributed by atoms with E-state index in [1.807, 2.05) is 45.0 Å². The quantitative estimate of drug-likeness (QED) is 0.439. The van der Waals surface area contributed by atoms with Crippen LogP contribution in [-0.2, 0) is 20.9 Å². The molecule has 2 N–H and O–H groups in total. The molecule has 2 aromatic rings. The van der Waals surface area contributed by atoms with Crippen LogP contribution in [0.15, 0.2) is 30.3 Å². The number of hydrogen-bond donors (Lipinski definition) is 2. The number of nitrogens with zero attached hydrogens (tertiary/aromatic N) is 2. The van der Waals surface area contributed by atoms with Crippen LogP contribution in [0.4, 0.5) is 4.79 Å². The van der Waals surface area contributed by atoms with Crippen molar-refractivity contribution < 1.29 is 19.1 Å². The standard InChI is InChI=1S/C23H29ClN4O4/c1-15(2)11-12-25-23(31)26-20(29)14-32-21(30)10-9-19-17(4)27-28(22(19)24)13-18-7-5-16(3)6-8-18/h5-10,15H,11-14H2,1-4H3,(H2,25,26,29,31)/b10-9+. The Morgan fingerprint density at radius 1 is 1.19 bits per heavy atom. The second-order valence-electron chi connectivity index (χ2n) is 7.86. The molecule has 0 spiro atoms. The summed E-state index contributed by atoms with van der Waals surface area (Å²) in [7, 11) is 0. The highest BCUT2D eigenvalue weighted by molar-refractivity contribution is 6.31. The zero-order valence-electron chi connectivity index (χ0n) is 18.8. The normalized spacial score (nSPS) is 11.1. The lowest BCUT2D eigenvalue weighted by Crippen LogP contribution is -2.41. The Kier molecular flexibility index (Phi) is 9.46. The first kappa shape index (κ1) is 25.1. The fourth-order valence-electron chi connectivity index (χ4n) is 2.75. The Morgan fingerprint density at radius 3 is 2.53 bits per heavy atom. The number of aryl methyl sites for hydroxylation is 2. The maximum absolute atomic E-state index is 11.9. The van der Waals surface area contributed by atoms with Gasteiger partial charge in [0, 0.05) is 18.2 Å². The number of esters is 1. The number of carbonyl (C=O) groups is 3. The van der Waals surface area contributed by atoms with Crippen LogP contribution in [0.2, 0.25) is 5.15 Å². The minimum absolute atomic E-state index is 0.392. The van der Waals surface area contributed by atoms with Crippen LogP contribution in [-0.4, -0.2) is 40.8 Å². The van der Waals surface area contributed by atoms with E-state index in [1.54, 1.807) is 11.6 Å². The SMILES string of the molecule is Cc1ccc(Cn2nc(C)c(/C=C/C(=O)OCC(=O)NC(=O)NCCC(C)C)c2Cl)cc1. The molecule has 2 rings (SSSR count). The summed E-state index contributed by atoms with van der Waals surface area (Å²) in [6.07, 6.45) is 3.46. The van der Waals surface area contributed by atoms with Crippen molar-refractivity contribution in [1.29, 1.82) is 0 Å². The Morgan fingerprint density at radius 2 is 1.88 bits per heavy atom. The third kappa shape index (κ3) is 8.19. The van der Waals surface area contributed by atoms with Crippen molar-refractivity contribution in [3.63, 3.8) is 0 Å². The number of hydrogen-bond acceptors (Lipinski definition) is 5. The van der Waals surface area contributed by atoms with Gasteiger partial charge in [-0.15, -0.1) is 0 Å². The molecule has 3 amide bonds. The van der Waals surface area contributed by atoms with E-state index in [0.717, 1.165) is 12.0 Å². The monoisotopic (exact) mass is 460 g/mol. The van der Waals surface area contributed by atoms with Crippen molar-refractivity contribution in [3.8, 4) is 0 Å². The van der Waals surface area contributed by atoms with E-state index in [-0.39, 0.29) is 0 Å². The van der Waals surface area contributed by atoms with Gasteiger partial charge in [-0.05, 0) is 37.8 Å². The molecular formula is C23H29ClN4O4. The summed E-state index contributed by atoms with van der Waals surface area (Å²) in [5.74, 6) is -1.01. The first-order valence-corrected chi connectivity index (χ1v) is 10.7. The first-order chi connectivity index (χ1) is 15.2. The molecule has 0 atom stereocenters. The molecule has 32 heavy (non-hydrogen) atoms. The summed E-state index contributed by atoms with van der Waals surface area (Å²) in [6.45, 7) is 8.24. The number of amides is 3. The summed E-state index contributed by atoms with van der Waals surface area (Å²) in [5, 5.41) is 9.48. The van der Waals surface area contributed by atoms with E-state index in [2.05, 4.69) is 15.7 Å². The van der Waals surface area contributed by atoms with Crippen LogP contribution in [0.3, 0.4) is 0 Å². The first-order valence-electron chi connectivity index (χ1n) is 10.4. The summed E-state index contributed by atoms with van der Waals surface area (Å²) in [6, 6.07) is 7.42. The van der Waals surface area contributed by atoms with Crippen molar-refractivity contribution in [3.05, 3.63) is 57.9 Å². The summed E-state index contributed by atoms with van der Waals surface area (Å²) < 4.78 is 6.53. The second-order valence-corrected chi connectivity index (χ2v) is 8.22. The Hall–Kier alpha value is -3.13. The van der Waals surface area contributed by atoms with Crippen molar-refractivity contribution in [2.24, 2.45) is 5.92 Å². The molecule has 9 heteroatoms. The molecule has 0 saturated carbocycles. The predicted molar refractivity (Wildman–Crippen MR) is 123 cm³/mol. The van der Waals surface area contributed by atoms with Crippen molar-refractivity contribution in [2.45, 2.75) is 40.7 Å². The predicted octanol–water partition coefficient (Wildman–Crippen LogP) is 3.63. The highest BCUT2D eigenvalue weighted by Crippen LogP contribution is 2.22. The fourth-order valence-corrected chi connectivity index (χ4v) is 3.04. The van der Waals surface area contributed by atoms with E-state index in [1.165, 1.54) is 17.7 Å². The van der Waals surface area contributed by atoms with Gasteiger partial charge in [-0.25, -0.2) is 14.3 Å². The van der Waals surface area contributed by atoms with Gasteiger partial charge >= 0.3 is 12.0 Å². The lowest BCUT2D eigenvalue weighted by molar-refractivity contribution is -0.143. The van der Waals surface area contributed by atoms with E-state index >= 15 is 0 Å². The number of carbonyl (C=O) groups excluding carboxylic acids is 3. The molecule has 0 saturated heterocycles. The van der Waals surface area contributed by atoms with Crippen LogP contribution >= 0.6 is 11.6 Å². The Bertz CT molecular complexity index is 981. The van der Waals surface area contributed by atoms with Gasteiger partial charge in [-0.3, -0.25) is 10.1 Å². The van der Waals surface area contributed by atoms with Gasteiger partial charge in [-0.1, -0.05) is 55.3 Å². The summed E-state index contributed by atoms with van der Waals surface area (Å²) in [4.78, 5) is 35.3. The highest BCUT2D eigenvalue weighted by Gasteiger charge is 2.13. The number of aromatic nitrogens is 2. The van der Waals surface area contributed by atoms with E-state index in [0.29, 0.717) is 35.4 Å². The average Bonchev–Trinajstić information content (AvgIpc) is 2.98. The Balaban J connectivity index is 1.85. The van der Waals surface area contributed by atoms with E-state index in [9.17, 15) is 14.4 Å². The number of rotatable bonds is 9. The van der Waals surface area contributed by atoms with Crippen LogP contribution in [0.1, 0.15) is 42.7 Å². The third-order valence-corrected chi connectivity index (χ3v) is 4.95. The van der Waals surface area contributed by atoms with Gasteiger partial charge in [0.25, 0.3) is 5.91 Å². The molecule has 0 unspecified atom stereocenters. The lowest BCUT2D eigenvalue weighted by atomic mass is 10.1. The number of imide groups is 1. The molecule has 0 bridgehead atoms. The molecule has 1 aromatic carbocycles. The molecule has 172 valence electrons. The number of nitrogens with one attached hydrogen (secondary N) is 2. The van der Waals surface area contributed by atoms with Crippen molar-refractivity contribution in [2.75, 3.05) is 13.2 Å². The van der Waals surface area contributed by atoms with Crippen molar-refractivity contribution in [1.82, 2.24) is 20.4 Å². The molecule has 1 heterocycles. The van der Waals surface area contributed by atoms with Gasteiger partial charge < -0.3 is 10.1 Å². The smallest absolute Gasteiger partial charge is 0.331 e. The molecule has 0 fully saturated rings. The van der Waals surface area contributed by atoms with Gasteiger partial charge in [0.2, 0.25) is 0 Å². The zero-order chi connectivity index (χ0) is 23.7. The number of urea groups is 1. The van der Waals surface area contributed by atoms with Crippen LogP contribution in [0, 0.1) is 19.8 Å². The van der Waals surface area contributed by atoms with Gasteiger partial charge in [0.15, 0.2) is 6.61 Å². The van der Waals surface area contributed by atoms with Gasteiger partial charge in [0.05, 0.1) is 12.2 Å². The van der Waals surface area contributed by atoms with Crippen LogP contribution in [0.5, 0.6) is 0 Å². The number of halogens is 1. The molecular weight excluding hydrogens is 432 g/mol. The van der Waals surface area contributed by atoms with E-state index in [4.69, 9.17) is 16.3 Å². The molecule has 1 aromatic heterocycles. The maximum Gasteiger partial charge on any atom is 0.331 e. The average molecular weight is 461 g/mol. The Labute approximate surface area is 193 Å².